The fourth-order valence-corrected chi connectivity index (χ4v) is 0.482. The second-order valence-corrected chi connectivity index (χ2v) is 1.82. The van der Waals surface area contributed by atoms with Crippen molar-refractivity contribution in [2.75, 3.05) is 26.7 Å². The van der Waals surface area contributed by atoms with Crippen molar-refractivity contribution in [1.29, 1.82) is 0 Å². The van der Waals surface area contributed by atoms with Crippen molar-refractivity contribution >= 4 is 12.4 Å². The van der Waals surface area contributed by atoms with Gasteiger partial charge in [-0.3, -0.25) is 9.59 Å². The Hall–Kier alpha value is -1.10. The number of ether oxygens (including phenoxy) is 1. The number of amides is 1. The minimum Gasteiger partial charge on any atom is -0.468 e. The average Bonchev–Trinajstić information content (AvgIpc) is 2.04. The fourth-order valence-electron chi connectivity index (χ4n) is 0.482. The van der Waals surface area contributed by atoms with E-state index >= 15 is 0 Å². The summed E-state index contributed by atoms with van der Waals surface area (Å²) in [5.41, 5.74) is 0. The predicted octanol–water partition coefficient (Wildman–Crippen LogP) is -1.50. The highest BCUT2D eigenvalue weighted by molar-refractivity contribution is 5.71. The van der Waals surface area contributed by atoms with Crippen molar-refractivity contribution in [3.05, 3.63) is 0 Å². The van der Waals surface area contributed by atoms with Crippen LogP contribution < -0.4 is 10.6 Å². The molecule has 0 heterocycles. The molecule has 2 N–H and O–H groups in total. The Bertz CT molecular complexity index is 127. The molecule has 0 atom stereocenters. The number of hydrogen-bond acceptors (Lipinski definition) is 4. The molecule has 0 aliphatic heterocycles. The van der Waals surface area contributed by atoms with E-state index in [1.807, 2.05) is 0 Å². The second kappa shape index (κ2) is 7.01. The Kier molecular flexibility index (Phi) is 6.31. The van der Waals surface area contributed by atoms with Crippen LogP contribution in [0.2, 0.25) is 0 Å². The molecule has 0 aromatic carbocycles. The fraction of sp³-hybridized carbons (Fsp3) is 0.667. The van der Waals surface area contributed by atoms with Gasteiger partial charge in [0, 0.05) is 13.1 Å². The third kappa shape index (κ3) is 6.79. The molecule has 0 radical (unpaired) electrons. The highest BCUT2D eigenvalue weighted by Crippen LogP contribution is 1.67. The van der Waals surface area contributed by atoms with Gasteiger partial charge in [0.1, 0.15) is 0 Å². The smallest absolute Gasteiger partial charge is 0.319 e. The van der Waals surface area contributed by atoms with Crippen molar-refractivity contribution in [2.24, 2.45) is 0 Å². The number of methoxy groups -OCH3 is 1. The molecule has 5 nitrogen and oxygen atoms in total. The van der Waals surface area contributed by atoms with E-state index in [4.69, 9.17) is 0 Å². The van der Waals surface area contributed by atoms with E-state index in [-0.39, 0.29) is 12.5 Å². The highest BCUT2D eigenvalue weighted by Gasteiger charge is 1.96. The zero-order valence-corrected chi connectivity index (χ0v) is 6.42. The number of hydrogen-bond donors (Lipinski definition) is 2. The Morgan fingerprint density at radius 2 is 2.27 bits per heavy atom. The van der Waals surface area contributed by atoms with Gasteiger partial charge in [-0.2, -0.15) is 0 Å². The van der Waals surface area contributed by atoms with Gasteiger partial charge < -0.3 is 15.4 Å². The molecule has 11 heavy (non-hydrogen) atoms. The molecule has 0 bridgehead atoms. The largest absolute Gasteiger partial charge is 0.468 e. The number of nitrogens with one attached hydrogen (secondary N) is 2. The second-order valence-electron chi connectivity index (χ2n) is 1.82. The van der Waals surface area contributed by atoms with E-state index in [1.165, 1.54) is 7.11 Å². The Balaban J connectivity index is 3.01. The van der Waals surface area contributed by atoms with Crippen molar-refractivity contribution in [1.82, 2.24) is 10.6 Å². The highest BCUT2D eigenvalue weighted by atomic mass is 16.5. The lowest BCUT2D eigenvalue weighted by molar-refractivity contribution is -0.139. The quantitative estimate of drug-likeness (QED) is 0.282. The molecule has 0 rings (SSSR count). The molecular weight excluding hydrogens is 148 g/mol. The molecule has 0 saturated carbocycles. The third-order valence-corrected chi connectivity index (χ3v) is 1.03. The normalized spacial score (nSPS) is 8.82. The molecule has 64 valence electrons. The van der Waals surface area contributed by atoms with Gasteiger partial charge in [0.2, 0.25) is 6.41 Å². The lowest BCUT2D eigenvalue weighted by Gasteiger charge is -2.01. The van der Waals surface area contributed by atoms with E-state index in [0.717, 1.165) is 0 Å². The maximum atomic E-state index is 10.5. The zero-order valence-electron chi connectivity index (χ0n) is 6.42. The first kappa shape index (κ1) is 9.90. The minimum atomic E-state index is -0.309. The molecule has 1 amide bonds. The molecule has 0 aromatic heterocycles. The monoisotopic (exact) mass is 160 g/mol. The Morgan fingerprint density at radius 3 is 2.82 bits per heavy atom. The first-order chi connectivity index (χ1) is 5.31. The number of carbonyl (C=O) groups excluding carboxylic acids is 2. The minimum absolute atomic E-state index is 0.178. The van der Waals surface area contributed by atoms with Gasteiger partial charge in [0.05, 0.1) is 13.7 Å². The van der Waals surface area contributed by atoms with Crippen molar-refractivity contribution in [3.63, 3.8) is 0 Å². The summed E-state index contributed by atoms with van der Waals surface area (Å²) in [6, 6.07) is 0. The van der Waals surface area contributed by atoms with Crippen LogP contribution in [0, 0.1) is 0 Å². The van der Waals surface area contributed by atoms with E-state index in [2.05, 4.69) is 15.4 Å². The van der Waals surface area contributed by atoms with Gasteiger partial charge in [-0.25, -0.2) is 0 Å². The first-order valence-electron chi connectivity index (χ1n) is 3.26. The van der Waals surface area contributed by atoms with Gasteiger partial charge >= 0.3 is 5.97 Å². The van der Waals surface area contributed by atoms with Gasteiger partial charge in [0.25, 0.3) is 0 Å². The molecule has 0 aliphatic carbocycles. The van der Waals surface area contributed by atoms with Crippen LogP contribution in [0.5, 0.6) is 0 Å². The number of carbonyl (C=O) groups is 2. The Morgan fingerprint density at radius 1 is 1.55 bits per heavy atom. The van der Waals surface area contributed by atoms with E-state index in [9.17, 15) is 9.59 Å². The lowest BCUT2D eigenvalue weighted by Crippen LogP contribution is -2.30. The number of esters is 1. The summed E-state index contributed by atoms with van der Waals surface area (Å²) in [5, 5.41) is 5.22. The summed E-state index contributed by atoms with van der Waals surface area (Å²) in [6.45, 7) is 1.26. The molecule has 0 aromatic rings. The van der Waals surface area contributed by atoms with Crippen LogP contribution in [0.3, 0.4) is 0 Å². The average molecular weight is 160 g/mol. The summed E-state index contributed by atoms with van der Waals surface area (Å²) in [4.78, 5) is 20.2. The standard InChI is InChI=1S/C6H12N2O3/c1-11-6(10)4-7-2-3-8-5-9/h5,7H,2-4H2,1H3,(H,8,9). The summed E-state index contributed by atoms with van der Waals surface area (Å²) >= 11 is 0. The van der Waals surface area contributed by atoms with Crippen LogP contribution in [0.15, 0.2) is 0 Å². The van der Waals surface area contributed by atoms with Crippen LogP contribution in [-0.2, 0) is 14.3 Å². The summed E-state index contributed by atoms with van der Waals surface area (Å²) in [5.74, 6) is -0.309. The van der Waals surface area contributed by atoms with Gasteiger partial charge in [-0.1, -0.05) is 0 Å². The van der Waals surface area contributed by atoms with Gasteiger partial charge in [-0.15, -0.1) is 0 Å². The first-order valence-corrected chi connectivity index (χ1v) is 3.26. The van der Waals surface area contributed by atoms with E-state index < -0.39 is 0 Å². The van der Waals surface area contributed by atoms with Crippen molar-refractivity contribution < 1.29 is 14.3 Å². The topological polar surface area (TPSA) is 67.4 Å². The molecule has 0 unspecified atom stereocenters. The van der Waals surface area contributed by atoms with Crippen LogP contribution in [0.4, 0.5) is 0 Å². The molecule has 0 fully saturated rings. The molecule has 0 saturated heterocycles. The predicted molar refractivity (Wildman–Crippen MR) is 39.0 cm³/mol. The molecule has 5 heteroatoms. The van der Waals surface area contributed by atoms with Crippen LogP contribution in [0.25, 0.3) is 0 Å². The lowest BCUT2D eigenvalue weighted by atomic mass is 10.5. The number of rotatable bonds is 6. The maximum Gasteiger partial charge on any atom is 0.319 e. The van der Waals surface area contributed by atoms with E-state index in [0.29, 0.717) is 19.5 Å². The van der Waals surface area contributed by atoms with Crippen molar-refractivity contribution in [3.8, 4) is 0 Å². The maximum absolute atomic E-state index is 10.5. The summed E-state index contributed by atoms with van der Waals surface area (Å²) < 4.78 is 4.37. The van der Waals surface area contributed by atoms with Crippen LogP contribution in [-0.4, -0.2) is 39.1 Å². The van der Waals surface area contributed by atoms with Crippen molar-refractivity contribution in [2.45, 2.75) is 0 Å². The molecule has 0 aliphatic rings. The van der Waals surface area contributed by atoms with Gasteiger partial charge in [0.15, 0.2) is 0 Å². The zero-order chi connectivity index (χ0) is 8.53. The van der Waals surface area contributed by atoms with E-state index in [1.54, 1.807) is 0 Å². The molecular formula is C6H12N2O3. The third-order valence-electron chi connectivity index (χ3n) is 1.03. The van der Waals surface area contributed by atoms with Crippen LogP contribution in [0.1, 0.15) is 0 Å². The summed E-state index contributed by atoms with van der Waals surface area (Å²) in [7, 11) is 1.33. The Labute approximate surface area is 65.1 Å². The summed E-state index contributed by atoms with van der Waals surface area (Å²) in [6.07, 6.45) is 0.611. The SMILES string of the molecule is COC(=O)CNCCNC=O. The van der Waals surface area contributed by atoms with Gasteiger partial charge in [-0.05, 0) is 0 Å². The molecule has 0 spiro atoms. The van der Waals surface area contributed by atoms with Crippen LogP contribution >= 0.6 is 0 Å².